The molecule has 180 valence electrons. The minimum atomic E-state index is -4.64. The van der Waals surface area contributed by atoms with Gasteiger partial charge in [-0.15, -0.1) is 0 Å². The van der Waals surface area contributed by atoms with E-state index >= 15 is 0 Å². The van der Waals surface area contributed by atoms with E-state index in [0.29, 0.717) is 5.92 Å². The Bertz CT molecular complexity index is 1050. The SMILES string of the molecule is CCN(CC)CCC(CNc1c(C)cnc2cc(Cl)ccc12)c1ccccc1.O=P(O)(O)O. The maximum atomic E-state index is 8.88. The number of rotatable bonds is 9. The molecule has 0 spiro atoms. The van der Waals surface area contributed by atoms with Crippen LogP contribution in [0.2, 0.25) is 5.02 Å². The van der Waals surface area contributed by atoms with Crippen molar-refractivity contribution >= 4 is 36.0 Å². The van der Waals surface area contributed by atoms with E-state index in [4.69, 9.17) is 30.8 Å². The molecule has 0 radical (unpaired) electrons. The summed E-state index contributed by atoms with van der Waals surface area (Å²) in [5.41, 5.74) is 4.64. The number of pyridine rings is 1. The van der Waals surface area contributed by atoms with E-state index in [2.05, 4.69) is 72.4 Å². The summed E-state index contributed by atoms with van der Waals surface area (Å²) in [5.74, 6) is 0.455. The quantitative estimate of drug-likeness (QED) is 0.304. The highest BCUT2D eigenvalue weighted by Crippen LogP contribution is 2.29. The van der Waals surface area contributed by atoms with Gasteiger partial charge in [-0.1, -0.05) is 55.8 Å². The highest BCUT2D eigenvalue weighted by molar-refractivity contribution is 7.45. The van der Waals surface area contributed by atoms with Crippen LogP contribution in [-0.2, 0) is 4.57 Å². The van der Waals surface area contributed by atoms with Gasteiger partial charge < -0.3 is 24.9 Å². The standard InChI is InChI=1S/C24H30ClN3.H3O4P/c1-4-28(5-2)14-13-20(19-9-7-6-8-10-19)17-27-24-18(3)16-26-23-15-21(25)11-12-22(23)24;1-5(2,3)4/h6-12,15-16,20H,4-5,13-14,17H2,1-3H3,(H,26,27);(H3,1,2,3,4). The van der Waals surface area contributed by atoms with Gasteiger partial charge >= 0.3 is 7.82 Å². The second-order valence-corrected chi connectivity index (χ2v) is 9.26. The average Bonchev–Trinajstić information content (AvgIpc) is 2.77. The summed E-state index contributed by atoms with van der Waals surface area (Å²) < 4.78 is 8.88. The lowest BCUT2D eigenvalue weighted by atomic mass is 9.95. The van der Waals surface area contributed by atoms with Crippen LogP contribution in [-0.4, -0.2) is 50.7 Å². The van der Waals surface area contributed by atoms with E-state index < -0.39 is 7.82 Å². The summed E-state index contributed by atoms with van der Waals surface area (Å²) in [5, 5.41) is 5.58. The van der Waals surface area contributed by atoms with Gasteiger partial charge in [0.1, 0.15) is 0 Å². The number of phosphoric acid groups is 1. The largest absolute Gasteiger partial charge is 0.466 e. The van der Waals surface area contributed by atoms with Gasteiger partial charge in [0.25, 0.3) is 0 Å². The number of hydrogen-bond donors (Lipinski definition) is 4. The zero-order valence-corrected chi connectivity index (χ0v) is 20.9. The lowest BCUT2D eigenvalue weighted by Gasteiger charge is -2.24. The average molecular weight is 494 g/mol. The molecule has 9 heteroatoms. The van der Waals surface area contributed by atoms with E-state index in [1.807, 2.05) is 18.3 Å². The van der Waals surface area contributed by atoms with Crippen LogP contribution in [0.3, 0.4) is 0 Å². The number of halogens is 1. The fourth-order valence-corrected chi connectivity index (χ4v) is 3.88. The van der Waals surface area contributed by atoms with Crippen molar-refractivity contribution in [1.29, 1.82) is 0 Å². The molecule has 7 nitrogen and oxygen atoms in total. The van der Waals surface area contributed by atoms with Crippen molar-refractivity contribution in [2.75, 3.05) is 31.5 Å². The molecule has 0 aliphatic carbocycles. The minimum absolute atomic E-state index is 0.455. The van der Waals surface area contributed by atoms with Crippen molar-refractivity contribution in [2.45, 2.75) is 33.1 Å². The van der Waals surface area contributed by atoms with Crippen molar-refractivity contribution in [3.63, 3.8) is 0 Å². The molecule has 0 bridgehead atoms. The normalized spacial score (nSPS) is 12.4. The molecular formula is C24H33ClN3O4P. The summed E-state index contributed by atoms with van der Waals surface area (Å²) in [6, 6.07) is 16.8. The van der Waals surface area contributed by atoms with Crippen LogP contribution < -0.4 is 5.32 Å². The van der Waals surface area contributed by atoms with Gasteiger partial charge in [-0.2, -0.15) is 0 Å². The van der Waals surface area contributed by atoms with Crippen LogP contribution >= 0.6 is 19.4 Å². The number of aromatic nitrogens is 1. The smallest absolute Gasteiger partial charge is 0.384 e. The highest BCUT2D eigenvalue weighted by atomic mass is 35.5. The number of fused-ring (bicyclic) bond motifs is 1. The lowest BCUT2D eigenvalue weighted by Crippen LogP contribution is -2.27. The Morgan fingerprint density at radius 3 is 2.33 bits per heavy atom. The first-order valence-electron chi connectivity index (χ1n) is 11.0. The zero-order chi connectivity index (χ0) is 24.4. The molecule has 33 heavy (non-hydrogen) atoms. The van der Waals surface area contributed by atoms with Crippen LogP contribution in [0.4, 0.5) is 5.69 Å². The van der Waals surface area contributed by atoms with Gasteiger partial charge in [-0.3, -0.25) is 4.98 Å². The van der Waals surface area contributed by atoms with Crippen molar-refractivity contribution in [3.8, 4) is 0 Å². The van der Waals surface area contributed by atoms with Crippen molar-refractivity contribution in [2.24, 2.45) is 0 Å². The van der Waals surface area contributed by atoms with Gasteiger partial charge in [0.15, 0.2) is 0 Å². The number of aryl methyl sites for hydroxylation is 1. The van der Waals surface area contributed by atoms with E-state index in [9.17, 15) is 0 Å². The molecule has 4 N–H and O–H groups in total. The molecule has 0 aliphatic heterocycles. The monoisotopic (exact) mass is 493 g/mol. The zero-order valence-electron chi connectivity index (χ0n) is 19.3. The Labute approximate surface area is 200 Å². The van der Waals surface area contributed by atoms with Crippen LogP contribution in [0, 0.1) is 6.92 Å². The molecule has 1 heterocycles. The Morgan fingerprint density at radius 1 is 1.09 bits per heavy atom. The molecule has 1 aromatic heterocycles. The summed E-state index contributed by atoms with van der Waals surface area (Å²) in [4.78, 5) is 28.6. The summed E-state index contributed by atoms with van der Waals surface area (Å²) in [6.07, 6.45) is 3.06. The number of benzene rings is 2. The van der Waals surface area contributed by atoms with Crippen molar-refractivity contribution in [1.82, 2.24) is 9.88 Å². The maximum Gasteiger partial charge on any atom is 0.466 e. The first-order chi connectivity index (χ1) is 15.6. The first-order valence-corrected chi connectivity index (χ1v) is 12.9. The second kappa shape index (κ2) is 13.0. The van der Waals surface area contributed by atoms with Crippen LogP contribution in [0.25, 0.3) is 10.9 Å². The van der Waals surface area contributed by atoms with E-state index in [-0.39, 0.29) is 0 Å². The molecule has 0 amide bonds. The van der Waals surface area contributed by atoms with Crippen LogP contribution in [0.15, 0.2) is 54.7 Å². The van der Waals surface area contributed by atoms with Gasteiger partial charge in [-0.25, -0.2) is 4.57 Å². The second-order valence-electron chi connectivity index (χ2n) is 7.80. The van der Waals surface area contributed by atoms with Crippen molar-refractivity contribution in [3.05, 3.63) is 70.9 Å². The minimum Gasteiger partial charge on any atom is -0.384 e. The Hall–Kier alpha value is -1.99. The summed E-state index contributed by atoms with van der Waals surface area (Å²) in [7, 11) is -4.64. The molecule has 1 unspecified atom stereocenters. The molecular weight excluding hydrogens is 461 g/mol. The molecule has 1 atom stereocenters. The van der Waals surface area contributed by atoms with Gasteiger partial charge in [-0.05, 0) is 62.3 Å². The van der Waals surface area contributed by atoms with Gasteiger partial charge in [0, 0.05) is 34.8 Å². The van der Waals surface area contributed by atoms with E-state index in [1.165, 1.54) is 5.56 Å². The Morgan fingerprint density at radius 2 is 1.73 bits per heavy atom. The lowest BCUT2D eigenvalue weighted by molar-refractivity contribution is 0.275. The maximum absolute atomic E-state index is 8.88. The van der Waals surface area contributed by atoms with E-state index in [0.717, 1.165) is 59.8 Å². The third-order valence-electron chi connectivity index (χ3n) is 5.51. The number of anilines is 1. The first kappa shape index (κ1) is 27.3. The molecule has 0 aliphatic rings. The molecule has 3 aromatic rings. The summed E-state index contributed by atoms with van der Waals surface area (Å²) in [6.45, 7) is 10.8. The Kier molecular flexibility index (Phi) is 10.8. The number of nitrogens with zero attached hydrogens (tertiary/aromatic N) is 2. The topological polar surface area (TPSA) is 106 Å². The number of hydrogen-bond acceptors (Lipinski definition) is 4. The van der Waals surface area contributed by atoms with Crippen LogP contribution in [0.5, 0.6) is 0 Å². The third kappa shape index (κ3) is 9.41. The van der Waals surface area contributed by atoms with E-state index in [1.54, 1.807) is 0 Å². The highest BCUT2D eigenvalue weighted by Gasteiger charge is 2.15. The predicted molar refractivity (Wildman–Crippen MR) is 136 cm³/mol. The summed E-state index contributed by atoms with van der Waals surface area (Å²) >= 11 is 6.15. The molecule has 2 aromatic carbocycles. The van der Waals surface area contributed by atoms with Gasteiger partial charge in [0.05, 0.1) is 5.52 Å². The van der Waals surface area contributed by atoms with Crippen molar-refractivity contribution < 1.29 is 19.2 Å². The number of nitrogens with one attached hydrogen (secondary N) is 1. The predicted octanol–water partition coefficient (Wildman–Crippen LogP) is 5.20. The molecule has 3 rings (SSSR count). The fourth-order valence-electron chi connectivity index (χ4n) is 3.72. The third-order valence-corrected chi connectivity index (χ3v) is 5.74. The fraction of sp³-hybridized carbons (Fsp3) is 0.375. The molecule has 0 saturated carbocycles. The van der Waals surface area contributed by atoms with Gasteiger partial charge in [0.2, 0.25) is 0 Å². The molecule has 0 fully saturated rings. The Balaban J connectivity index is 0.000000696. The van der Waals surface area contributed by atoms with Crippen LogP contribution in [0.1, 0.15) is 37.3 Å². The molecule has 0 saturated heterocycles.